The minimum atomic E-state index is -0.974. The summed E-state index contributed by atoms with van der Waals surface area (Å²) in [6.45, 7) is 3.97. The molecule has 1 rings (SSSR count). The highest BCUT2D eigenvalue weighted by atomic mass is 32.2. The van der Waals surface area contributed by atoms with Crippen LogP contribution in [0.3, 0.4) is 0 Å². The third kappa shape index (κ3) is 5.82. The molecule has 4 N–H and O–H groups in total. The third-order valence-electron chi connectivity index (χ3n) is 3.20. The SMILES string of the molecule is CC(C)C[C@H](N)C(=O)N[C@@H](C[C@@H]1CCCS1)C(=O)O. The first-order valence-electron chi connectivity index (χ1n) is 6.80. The number of nitrogens with two attached hydrogens (primary N) is 1. The molecule has 6 heteroatoms. The summed E-state index contributed by atoms with van der Waals surface area (Å²) in [4.78, 5) is 23.1. The monoisotopic (exact) mass is 288 g/mol. The molecule has 1 amide bonds. The van der Waals surface area contributed by atoms with Crippen molar-refractivity contribution in [1.29, 1.82) is 0 Å². The second-order valence-electron chi connectivity index (χ2n) is 5.51. The number of carboxylic acids is 1. The van der Waals surface area contributed by atoms with Crippen molar-refractivity contribution < 1.29 is 14.7 Å². The average Bonchev–Trinajstić information content (AvgIpc) is 2.79. The van der Waals surface area contributed by atoms with E-state index in [0.29, 0.717) is 24.0 Å². The van der Waals surface area contributed by atoms with E-state index in [0.717, 1.165) is 18.6 Å². The van der Waals surface area contributed by atoms with Crippen molar-refractivity contribution in [3.05, 3.63) is 0 Å². The predicted molar refractivity (Wildman–Crippen MR) is 77.1 cm³/mol. The molecular weight excluding hydrogens is 264 g/mol. The molecule has 110 valence electrons. The Morgan fingerprint density at radius 3 is 2.63 bits per heavy atom. The molecule has 0 aliphatic carbocycles. The number of amides is 1. The second-order valence-corrected chi connectivity index (χ2v) is 6.91. The van der Waals surface area contributed by atoms with E-state index in [1.54, 1.807) is 11.8 Å². The van der Waals surface area contributed by atoms with Crippen LogP contribution in [0, 0.1) is 5.92 Å². The number of rotatable bonds is 7. The molecule has 1 heterocycles. The van der Waals surface area contributed by atoms with Crippen molar-refractivity contribution in [3.63, 3.8) is 0 Å². The van der Waals surface area contributed by atoms with Crippen LogP contribution >= 0.6 is 11.8 Å². The molecule has 19 heavy (non-hydrogen) atoms. The molecule has 0 saturated carbocycles. The van der Waals surface area contributed by atoms with E-state index in [1.165, 1.54) is 0 Å². The minimum absolute atomic E-state index is 0.314. The van der Waals surface area contributed by atoms with Gasteiger partial charge in [0.2, 0.25) is 5.91 Å². The van der Waals surface area contributed by atoms with Gasteiger partial charge in [-0.05, 0) is 37.4 Å². The number of carboxylic acid groups (broad SMARTS) is 1. The predicted octanol–water partition coefficient (Wildman–Crippen LogP) is 1.21. The molecular formula is C13H24N2O3S. The van der Waals surface area contributed by atoms with Crippen LogP contribution in [0.5, 0.6) is 0 Å². The lowest BCUT2D eigenvalue weighted by Gasteiger charge is -2.20. The summed E-state index contributed by atoms with van der Waals surface area (Å²) in [5.41, 5.74) is 5.76. The van der Waals surface area contributed by atoms with Gasteiger partial charge in [0.1, 0.15) is 6.04 Å². The molecule has 1 aliphatic heterocycles. The van der Waals surface area contributed by atoms with Gasteiger partial charge in [0.15, 0.2) is 0 Å². The minimum Gasteiger partial charge on any atom is -0.480 e. The largest absolute Gasteiger partial charge is 0.480 e. The average molecular weight is 288 g/mol. The van der Waals surface area contributed by atoms with Crippen molar-refractivity contribution in [1.82, 2.24) is 5.32 Å². The van der Waals surface area contributed by atoms with Crippen LogP contribution in [-0.4, -0.2) is 40.1 Å². The van der Waals surface area contributed by atoms with E-state index in [4.69, 9.17) is 5.73 Å². The number of carbonyl (C=O) groups excluding carboxylic acids is 1. The maximum atomic E-state index is 11.9. The highest BCUT2D eigenvalue weighted by Crippen LogP contribution is 2.29. The van der Waals surface area contributed by atoms with Crippen LogP contribution < -0.4 is 11.1 Å². The van der Waals surface area contributed by atoms with Crippen molar-refractivity contribution >= 4 is 23.6 Å². The van der Waals surface area contributed by atoms with Crippen molar-refractivity contribution in [3.8, 4) is 0 Å². The van der Waals surface area contributed by atoms with Crippen LogP contribution in [0.15, 0.2) is 0 Å². The topological polar surface area (TPSA) is 92.4 Å². The molecule has 0 bridgehead atoms. The molecule has 3 atom stereocenters. The molecule has 0 unspecified atom stereocenters. The molecule has 0 radical (unpaired) electrons. The van der Waals surface area contributed by atoms with Crippen molar-refractivity contribution in [2.75, 3.05) is 5.75 Å². The molecule has 1 aliphatic rings. The Morgan fingerprint density at radius 1 is 1.47 bits per heavy atom. The van der Waals surface area contributed by atoms with E-state index >= 15 is 0 Å². The number of hydrogen-bond donors (Lipinski definition) is 3. The maximum Gasteiger partial charge on any atom is 0.326 e. The molecule has 0 aromatic rings. The van der Waals surface area contributed by atoms with E-state index in [9.17, 15) is 14.7 Å². The van der Waals surface area contributed by atoms with Crippen LogP contribution in [0.1, 0.15) is 39.5 Å². The smallest absolute Gasteiger partial charge is 0.326 e. The van der Waals surface area contributed by atoms with Crippen LogP contribution in [-0.2, 0) is 9.59 Å². The molecule has 1 fully saturated rings. The fourth-order valence-electron chi connectivity index (χ4n) is 2.21. The first-order valence-corrected chi connectivity index (χ1v) is 7.85. The van der Waals surface area contributed by atoms with Crippen molar-refractivity contribution in [2.45, 2.75) is 56.9 Å². The second kappa shape index (κ2) is 7.75. The quantitative estimate of drug-likeness (QED) is 0.655. The van der Waals surface area contributed by atoms with Gasteiger partial charge in [-0.15, -0.1) is 0 Å². The Labute approximate surface area is 118 Å². The van der Waals surface area contributed by atoms with Gasteiger partial charge in [-0.3, -0.25) is 4.79 Å². The normalized spacial score (nSPS) is 22.2. The highest BCUT2D eigenvalue weighted by molar-refractivity contribution is 8.00. The Balaban J connectivity index is 2.47. The zero-order valence-corrected chi connectivity index (χ0v) is 12.4. The van der Waals surface area contributed by atoms with Crippen LogP contribution in [0.4, 0.5) is 0 Å². The van der Waals surface area contributed by atoms with Gasteiger partial charge in [-0.1, -0.05) is 13.8 Å². The lowest BCUT2D eigenvalue weighted by Crippen LogP contribution is -2.49. The van der Waals surface area contributed by atoms with Gasteiger partial charge in [0.05, 0.1) is 6.04 Å². The number of thioether (sulfide) groups is 1. The van der Waals surface area contributed by atoms with E-state index in [-0.39, 0.29) is 5.91 Å². The standard InChI is InChI=1S/C13H24N2O3S/c1-8(2)6-10(14)12(16)15-11(13(17)18)7-9-4-3-5-19-9/h8-11H,3-7,14H2,1-2H3,(H,15,16)(H,17,18)/t9-,10-,11-/m0/s1. The summed E-state index contributed by atoms with van der Waals surface area (Å²) in [6, 6.07) is -1.45. The number of carbonyl (C=O) groups is 2. The zero-order chi connectivity index (χ0) is 14.4. The number of hydrogen-bond acceptors (Lipinski definition) is 4. The Hall–Kier alpha value is -0.750. The van der Waals surface area contributed by atoms with Gasteiger partial charge in [0.25, 0.3) is 0 Å². The van der Waals surface area contributed by atoms with Gasteiger partial charge in [-0.2, -0.15) is 11.8 Å². The summed E-state index contributed by atoms with van der Waals surface area (Å²) in [5, 5.41) is 12.1. The van der Waals surface area contributed by atoms with Crippen molar-refractivity contribution in [2.24, 2.45) is 11.7 Å². The zero-order valence-electron chi connectivity index (χ0n) is 11.6. The number of aliphatic carboxylic acids is 1. The van der Waals surface area contributed by atoms with Gasteiger partial charge >= 0.3 is 5.97 Å². The van der Waals surface area contributed by atoms with Crippen LogP contribution in [0.2, 0.25) is 0 Å². The Bertz CT molecular complexity index is 317. The van der Waals surface area contributed by atoms with E-state index < -0.39 is 18.1 Å². The third-order valence-corrected chi connectivity index (χ3v) is 4.62. The molecule has 1 saturated heterocycles. The fourth-order valence-corrected chi connectivity index (χ4v) is 3.54. The maximum absolute atomic E-state index is 11.9. The molecule has 0 aromatic heterocycles. The van der Waals surface area contributed by atoms with Gasteiger partial charge in [0, 0.05) is 5.25 Å². The summed E-state index contributed by atoms with van der Waals surface area (Å²) in [5.74, 6) is 0.0637. The van der Waals surface area contributed by atoms with Gasteiger partial charge in [-0.25, -0.2) is 4.79 Å². The fraction of sp³-hybridized carbons (Fsp3) is 0.846. The van der Waals surface area contributed by atoms with Crippen LogP contribution in [0.25, 0.3) is 0 Å². The van der Waals surface area contributed by atoms with E-state index in [2.05, 4.69) is 5.32 Å². The lowest BCUT2D eigenvalue weighted by molar-refractivity contribution is -0.142. The summed E-state index contributed by atoms with van der Waals surface area (Å²) in [7, 11) is 0. The lowest BCUT2D eigenvalue weighted by atomic mass is 10.0. The highest BCUT2D eigenvalue weighted by Gasteiger charge is 2.28. The summed E-state index contributed by atoms with van der Waals surface area (Å²) < 4.78 is 0. The first kappa shape index (κ1) is 16.3. The van der Waals surface area contributed by atoms with E-state index in [1.807, 2.05) is 13.8 Å². The summed E-state index contributed by atoms with van der Waals surface area (Å²) in [6.07, 6.45) is 3.21. The molecule has 0 spiro atoms. The Morgan fingerprint density at radius 2 is 2.16 bits per heavy atom. The number of nitrogens with one attached hydrogen (secondary N) is 1. The first-order chi connectivity index (χ1) is 8.90. The van der Waals surface area contributed by atoms with Gasteiger partial charge < -0.3 is 16.2 Å². The molecule has 0 aromatic carbocycles. The molecule has 5 nitrogen and oxygen atoms in total. The Kier molecular flexibility index (Phi) is 6.65. The summed E-state index contributed by atoms with van der Waals surface area (Å²) >= 11 is 1.79.